The largest absolute Gasteiger partial charge is 0.497 e. The summed E-state index contributed by atoms with van der Waals surface area (Å²) in [5.41, 5.74) is 3.14. The lowest BCUT2D eigenvalue weighted by Crippen LogP contribution is -2.35. The van der Waals surface area contributed by atoms with E-state index < -0.39 is 0 Å². The van der Waals surface area contributed by atoms with Crippen LogP contribution in [-0.4, -0.2) is 50.8 Å². The molecule has 1 saturated heterocycles. The molecule has 1 amide bonds. The number of benzene rings is 2. The molecule has 0 radical (unpaired) electrons. The van der Waals surface area contributed by atoms with Gasteiger partial charge in [0, 0.05) is 31.7 Å². The minimum atomic E-state index is -0.00596. The highest BCUT2D eigenvalue weighted by Gasteiger charge is 2.12. The molecular weight excluding hydrogens is 340 g/mol. The lowest BCUT2D eigenvalue weighted by molar-refractivity contribution is 0.0342. The Bertz CT molecular complexity index is 725. The van der Waals surface area contributed by atoms with Gasteiger partial charge in [-0.3, -0.25) is 9.69 Å². The number of rotatable bonds is 8. The van der Waals surface area contributed by atoms with Crippen molar-refractivity contribution in [2.45, 2.75) is 19.4 Å². The first kappa shape index (κ1) is 19.4. The summed E-state index contributed by atoms with van der Waals surface area (Å²) in [6.45, 7) is 4.99. The predicted molar refractivity (Wildman–Crippen MR) is 106 cm³/mol. The van der Waals surface area contributed by atoms with E-state index in [0.29, 0.717) is 6.54 Å². The Labute approximate surface area is 161 Å². The third kappa shape index (κ3) is 6.08. The zero-order chi connectivity index (χ0) is 18.9. The number of amides is 1. The molecule has 0 aromatic heterocycles. The van der Waals surface area contributed by atoms with Crippen LogP contribution in [0.2, 0.25) is 0 Å². The van der Waals surface area contributed by atoms with Crippen molar-refractivity contribution in [3.05, 3.63) is 65.2 Å². The zero-order valence-corrected chi connectivity index (χ0v) is 15.9. The smallest absolute Gasteiger partial charge is 0.251 e. The number of nitrogens with zero attached hydrogens (tertiary/aromatic N) is 1. The second-order valence-corrected chi connectivity index (χ2v) is 6.80. The molecule has 1 aliphatic rings. The van der Waals surface area contributed by atoms with E-state index in [4.69, 9.17) is 9.47 Å². The number of carbonyl (C=O) groups excluding carboxylic acids is 1. The lowest BCUT2D eigenvalue weighted by Gasteiger charge is -2.26. The van der Waals surface area contributed by atoms with Crippen molar-refractivity contribution in [1.82, 2.24) is 10.2 Å². The molecule has 1 aliphatic heterocycles. The molecule has 0 aliphatic carbocycles. The maximum atomic E-state index is 12.4. The maximum Gasteiger partial charge on any atom is 0.251 e. The average Bonchev–Trinajstić information content (AvgIpc) is 2.72. The molecule has 1 heterocycles. The van der Waals surface area contributed by atoms with Gasteiger partial charge in [-0.05, 0) is 48.2 Å². The molecule has 5 nitrogen and oxygen atoms in total. The van der Waals surface area contributed by atoms with E-state index in [1.807, 2.05) is 30.3 Å². The van der Waals surface area contributed by atoms with Crippen LogP contribution in [-0.2, 0) is 17.7 Å². The monoisotopic (exact) mass is 368 g/mol. The fraction of sp³-hybridized carbons (Fsp3) is 0.409. The fourth-order valence-corrected chi connectivity index (χ4v) is 3.22. The summed E-state index contributed by atoms with van der Waals surface area (Å²) in [5.74, 6) is 0.859. The van der Waals surface area contributed by atoms with Gasteiger partial charge < -0.3 is 14.8 Å². The Hall–Kier alpha value is -2.37. The van der Waals surface area contributed by atoms with Crippen LogP contribution in [0.4, 0.5) is 0 Å². The molecule has 2 aromatic carbocycles. The molecule has 144 valence electrons. The normalized spacial score (nSPS) is 14.7. The van der Waals surface area contributed by atoms with Gasteiger partial charge in [0.25, 0.3) is 5.91 Å². The molecule has 0 bridgehead atoms. The number of hydrogen-bond acceptors (Lipinski definition) is 4. The molecule has 2 aromatic rings. The van der Waals surface area contributed by atoms with Crippen LogP contribution in [0.25, 0.3) is 0 Å². The van der Waals surface area contributed by atoms with Gasteiger partial charge >= 0.3 is 0 Å². The van der Waals surface area contributed by atoms with Crippen molar-refractivity contribution >= 4 is 5.91 Å². The standard InChI is InChI=1S/C22H28N2O3/c1-26-21-9-7-18(8-10-21)5-3-11-23-22(25)20-6-2-4-19(16-20)17-24-12-14-27-15-13-24/h2,4,6-10,16H,3,5,11-15,17H2,1H3,(H,23,25). The Morgan fingerprint density at radius 3 is 2.63 bits per heavy atom. The molecule has 0 spiro atoms. The maximum absolute atomic E-state index is 12.4. The molecule has 27 heavy (non-hydrogen) atoms. The minimum Gasteiger partial charge on any atom is -0.497 e. The van der Waals surface area contributed by atoms with E-state index in [-0.39, 0.29) is 5.91 Å². The first-order valence-electron chi connectivity index (χ1n) is 9.55. The van der Waals surface area contributed by atoms with Gasteiger partial charge in [-0.25, -0.2) is 0 Å². The van der Waals surface area contributed by atoms with Crippen molar-refractivity contribution in [3.8, 4) is 5.75 Å². The highest BCUT2D eigenvalue weighted by Crippen LogP contribution is 2.13. The zero-order valence-electron chi connectivity index (χ0n) is 15.9. The molecule has 0 atom stereocenters. The van der Waals surface area contributed by atoms with E-state index in [1.54, 1.807) is 7.11 Å². The Morgan fingerprint density at radius 1 is 1.11 bits per heavy atom. The number of carbonyl (C=O) groups is 1. The molecule has 0 saturated carbocycles. The summed E-state index contributed by atoms with van der Waals surface area (Å²) in [5, 5.41) is 3.03. The second kappa shape index (κ2) is 10.1. The minimum absolute atomic E-state index is 0.00596. The van der Waals surface area contributed by atoms with Gasteiger partial charge in [0.1, 0.15) is 5.75 Å². The average molecular weight is 368 g/mol. The van der Waals surface area contributed by atoms with Crippen molar-refractivity contribution in [3.63, 3.8) is 0 Å². The number of ether oxygens (including phenoxy) is 2. The first-order chi connectivity index (χ1) is 13.2. The van der Waals surface area contributed by atoms with Crippen molar-refractivity contribution < 1.29 is 14.3 Å². The van der Waals surface area contributed by atoms with Crippen molar-refractivity contribution in [2.75, 3.05) is 40.0 Å². The summed E-state index contributed by atoms with van der Waals surface area (Å²) in [4.78, 5) is 14.8. The van der Waals surface area contributed by atoms with Gasteiger partial charge in [0.2, 0.25) is 0 Å². The Morgan fingerprint density at radius 2 is 1.89 bits per heavy atom. The summed E-state index contributed by atoms with van der Waals surface area (Å²) >= 11 is 0. The first-order valence-corrected chi connectivity index (χ1v) is 9.55. The SMILES string of the molecule is COc1ccc(CCCNC(=O)c2cccc(CN3CCOCC3)c2)cc1. The van der Waals surface area contributed by atoms with Gasteiger partial charge in [-0.2, -0.15) is 0 Å². The predicted octanol–water partition coefficient (Wildman–Crippen LogP) is 2.89. The highest BCUT2D eigenvalue weighted by atomic mass is 16.5. The van der Waals surface area contributed by atoms with Gasteiger partial charge in [-0.1, -0.05) is 24.3 Å². The van der Waals surface area contributed by atoms with Crippen LogP contribution in [0.5, 0.6) is 5.75 Å². The van der Waals surface area contributed by atoms with Gasteiger partial charge in [0.15, 0.2) is 0 Å². The van der Waals surface area contributed by atoms with Gasteiger partial charge in [-0.15, -0.1) is 0 Å². The van der Waals surface area contributed by atoms with Crippen LogP contribution in [0, 0.1) is 0 Å². The van der Waals surface area contributed by atoms with Crippen LogP contribution in [0.1, 0.15) is 27.9 Å². The van der Waals surface area contributed by atoms with Crippen LogP contribution in [0.3, 0.4) is 0 Å². The topological polar surface area (TPSA) is 50.8 Å². The van der Waals surface area contributed by atoms with Gasteiger partial charge in [0.05, 0.1) is 20.3 Å². The summed E-state index contributed by atoms with van der Waals surface area (Å²) in [6.07, 6.45) is 1.84. The third-order valence-electron chi connectivity index (χ3n) is 4.79. The second-order valence-electron chi connectivity index (χ2n) is 6.80. The molecule has 1 N–H and O–H groups in total. The van der Waals surface area contributed by atoms with Crippen molar-refractivity contribution in [1.29, 1.82) is 0 Å². The number of hydrogen-bond donors (Lipinski definition) is 1. The Kier molecular flexibility index (Phi) is 7.25. The van der Waals surface area contributed by atoms with Crippen molar-refractivity contribution in [2.24, 2.45) is 0 Å². The molecule has 1 fully saturated rings. The fourth-order valence-electron chi connectivity index (χ4n) is 3.22. The van der Waals surface area contributed by atoms with E-state index in [2.05, 4.69) is 28.4 Å². The van der Waals surface area contributed by atoms with Crippen LogP contribution >= 0.6 is 0 Å². The molecule has 5 heteroatoms. The molecular formula is C22H28N2O3. The van der Waals surface area contributed by atoms with E-state index in [1.165, 1.54) is 11.1 Å². The summed E-state index contributed by atoms with van der Waals surface area (Å²) < 4.78 is 10.6. The van der Waals surface area contributed by atoms with Crippen LogP contribution < -0.4 is 10.1 Å². The highest BCUT2D eigenvalue weighted by molar-refractivity contribution is 5.94. The number of morpholine rings is 1. The molecule has 3 rings (SSSR count). The number of aryl methyl sites for hydroxylation is 1. The molecule has 0 unspecified atom stereocenters. The third-order valence-corrected chi connectivity index (χ3v) is 4.79. The van der Waals surface area contributed by atoms with E-state index in [0.717, 1.165) is 57.0 Å². The number of nitrogens with one attached hydrogen (secondary N) is 1. The lowest BCUT2D eigenvalue weighted by atomic mass is 10.1. The summed E-state index contributed by atoms with van der Waals surface area (Å²) in [6, 6.07) is 16.0. The Balaban J connectivity index is 1.43. The quantitative estimate of drug-likeness (QED) is 0.728. The van der Waals surface area contributed by atoms with E-state index in [9.17, 15) is 4.79 Å². The van der Waals surface area contributed by atoms with Crippen LogP contribution in [0.15, 0.2) is 48.5 Å². The summed E-state index contributed by atoms with van der Waals surface area (Å²) in [7, 11) is 1.67. The number of methoxy groups -OCH3 is 1. The van der Waals surface area contributed by atoms with E-state index >= 15 is 0 Å².